The molecule has 0 aliphatic rings. The van der Waals surface area contributed by atoms with Crippen molar-refractivity contribution in [1.82, 2.24) is 4.98 Å². The monoisotopic (exact) mass is 418 g/mol. The summed E-state index contributed by atoms with van der Waals surface area (Å²) < 4.78 is 5.94. The SMILES string of the molecule is Cc1ccc(C(=O)Nc2cc(-c3nc4cc(C(C)C)ccc4o3)ccc2Cl)cc1C. The van der Waals surface area contributed by atoms with Crippen LogP contribution in [0, 0.1) is 13.8 Å². The van der Waals surface area contributed by atoms with Crippen LogP contribution in [0.5, 0.6) is 0 Å². The van der Waals surface area contributed by atoms with Gasteiger partial charge in [0, 0.05) is 11.1 Å². The van der Waals surface area contributed by atoms with Crippen molar-refractivity contribution in [2.75, 3.05) is 5.32 Å². The highest BCUT2D eigenvalue weighted by Gasteiger charge is 2.14. The standard InChI is InChI=1S/C25H23ClN2O2/c1-14(2)17-8-10-23-22(12-17)28-25(30-23)19-7-9-20(26)21(13-19)27-24(29)18-6-5-15(3)16(4)11-18/h5-14H,1-4H3,(H,27,29). The molecule has 0 atom stereocenters. The smallest absolute Gasteiger partial charge is 0.255 e. The number of hydrogen-bond donors (Lipinski definition) is 1. The number of carbonyl (C=O) groups excluding carboxylic acids is 1. The first kappa shape index (κ1) is 20.2. The van der Waals surface area contributed by atoms with Crippen LogP contribution in [-0.2, 0) is 0 Å². The van der Waals surface area contributed by atoms with E-state index in [4.69, 9.17) is 16.0 Å². The van der Waals surface area contributed by atoms with Crippen LogP contribution in [0.25, 0.3) is 22.6 Å². The number of hydrogen-bond acceptors (Lipinski definition) is 3. The van der Waals surface area contributed by atoms with Crippen LogP contribution in [0.4, 0.5) is 5.69 Å². The third-order valence-electron chi connectivity index (χ3n) is 5.31. The molecule has 0 saturated carbocycles. The topological polar surface area (TPSA) is 55.1 Å². The van der Waals surface area contributed by atoms with Gasteiger partial charge < -0.3 is 9.73 Å². The summed E-state index contributed by atoms with van der Waals surface area (Å²) in [6.07, 6.45) is 0. The highest BCUT2D eigenvalue weighted by Crippen LogP contribution is 2.31. The summed E-state index contributed by atoms with van der Waals surface area (Å²) >= 11 is 6.34. The van der Waals surface area contributed by atoms with Gasteiger partial charge in [-0.25, -0.2) is 4.98 Å². The molecule has 0 bridgehead atoms. The molecule has 0 radical (unpaired) electrons. The van der Waals surface area contributed by atoms with Crippen molar-refractivity contribution in [3.8, 4) is 11.5 Å². The molecule has 5 heteroatoms. The van der Waals surface area contributed by atoms with Gasteiger partial charge in [0.1, 0.15) is 5.52 Å². The summed E-state index contributed by atoms with van der Waals surface area (Å²) in [5.41, 5.74) is 6.80. The van der Waals surface area contributed by atoms with Gasteiger partial charge in [0.25, 0.3) is 5.91 Å². The van der Waals surface area contributed by atoms with E-state index in [0.29, 0.717) is 28.1 Å². The number of amides is 1. The Labute approximate surface area is 180 Å². The molecule has 1 amide bonds. The number of aryl methyl sites for hydroxylation is 2. The van der Waals surface area contributed by atoms with Gasteiger partial charge in [0.15, 0.2) is 5.58 Å². The zero-order chi connectivity index (χ0) is 21.4. The van der Waals surface area contributed by atoms with Gasteiger partial charge in [0.05, 0.1) is 10.7 Å². The van der Waals surface area contributed by atoms with Crippen molar-refractivity contribution in [1.29, 1.82) is 0 Å². The van der Waals surface area contributed by atoms with E-state index >= 15 is 0 Å². The molecule has 0 unspecified atom stereocenters. The number of anilines is 1. The number of halogens is 1. The molecule has 0 saturated heterocycles. The normalized spacial score (nSPS) is 11.3. The predicted octanol–water partition coefficient (Wildman–Crippen LogP) is 7.14. The number of nitrogens with zero attached hydrogens (tertiary/aromatic N) is 1. The van der Waals surface area contributed by atoms with Crippen molar-refractivity contribution in [3.05, 3.63) is 81.9 Å². The first-order valence-corrected chi connectivity index (χ1v) is 10.3. The summed E-state index contributed by atoms with van der Waals surface area (Å²) in [6, 6.07) is 17.0. The maximum absolute atomic E-state index is 12.7. The summed E-state index contributed by atoms with van der Waals surface area (Å²) in [5.74, 6) is 0.692. The van der Waals surface area contributed by atoms with Gasteiger partial charge in [0.2, 0.25) is 5.89 Å². The van der Waals surface area contributed by atoms with Crippen molar-refractivity contribution >= 4 is 34.3 Å². The molecule has 3 aromatic carbocycles. The van der Waals surface area contributed by atoms with E-state index in [-0.39, 0.29) is 5.91 Å². The van der Waals surface area contributed by atoms with Crippen molar-refractivity contribution in [2.45, 2.75) is 33.6 Å². The number of rotatable bonds is 4. The highest BCUT2D eigenvalue weighted by atomic mass is 35.5. The quantitative estimate of drug-likeness (QED) is 0.383. The zero-order valence-corrected chi connectivity index (χ0v) is 18.2. The molecular weight excluding hydrogens is 396 g/mol. The molecule has 4 aromatic rings. The van der Waals surface area contributed by atoms with E-state index in [1.165, 1.54) is 5.56 Å². The van der Waals surface area contributed by atoms with Gasteiger partial charge in [-0.3, -0.25) is 4.79 Å². The van der Waals surface area contributed by atoms with Gasteiger partial charge >= 0.3 is 0 Å². The Hall–Kier alpha value is -3.11. The molecule has 1 aromatic heterocycles. The van der Waals surface area contributed by atoms with Crippen molar-refractivity contribution in [2.24, 2.45) is 0 Å². The number of fused-ring (bicyclic) bond motifs is 1. The lowest BCUT2D eigenvalue weighted by atomic mass is 10.0. The zero-order valence-electron chi connectivity index (χ0n) is 17.4. The Morgan fingerprint density at radius 2 is 1.80 bits per heavy atom. The lowest BCUT2D eigenvalue weighted by Gasteiger charge is -2.10. The predicted molar refractivity (Wildman–Crippen MR) is 122 cm³/mol. The molecule has 0 fully saturated rings. The minimum absolute atomic E-state index is 0.212. The molecule has 4 rings (SSSR count). The molecule has 152 valence electrons. The Morgan fingerprint density at radius 1 is 1.00 bits per heavy atom. The number of nitrogens with one attached hydrogen (secondary N) is 1. The molecule has 0 aliphatic heterocycles. The molecule has 1 N–H and O–H groups in total. The maximum atomic E-state index is 12.7. The second-order valence-electron chi connectivity index (χ2n) is 7.85. The lowest BCUT2D eigenvalue weighted by Crippen LogP contribution is -2.12. The third kappa shape index (κ3) is 3.96. The third-order valence-corrected chi connectivity index (χ3v) is 5.64. The van der Waals surface area contributed by atoms with Gasteiger partial charge in [-0.1, -0.05) is 37.6 Å². The highest BCUT2D eigenvalue weighted by molar-refractivity contribution is 6.34. The fourth-order valence-corrected chi connectivity index (χ4v) is 3.42. The van der Waals surface area contributed by atoms with Crippen molar-refractivity contribution in [3.63, 3.8) is 0 Å². The van der Waals surface area contributed by atoms with Gasteiger partial charge in [-0.05, 0) is 78.9 Å². The van der Waals surface area contributed by atoms with Crippen LogP contribution in [0.2, 0.25) is 5.02 Å². The Balaban J connectivity index is 1.65. The van der Waals surface area contributed by atoms with E-state index in [0.717, 1.165) is 27.8 Å². The summed E-state index contributed by atoms with van der Waals surface area (Å²) in [5, 5.41) is 3.35. The van der Waals surface area contributed by atoms with Crippen LogP contribution < -0.4 is 5.32 Å². The molecule has 1 heterocycles. The van der Waals surface area contributed by atoms with E-state index in [1.807, 2.05) is 50.2 Å². The average Bonchev–Trinajstić information content (AvgIpc) is 3.14. The fraction of sp³-hybridized carbons (Fsp3) is 0.200. The second kappa shape index (κ2) is 7.96. The number of carbonyl (C=O) groups is 1. The largest absolute Gasteiger partial charge is 0.436 e. The van der Waals surface area contributed by atoms with E-state index in [2.05, 4.69) is 30.2 Å². The molecule has 4 nitrogen and oxygen atoms in total. The molecule has 0 spiro atoms. The number of oxazole rings is 1. The Morgan fingerprint density at radius 3 is 2.53 bits per heavy atom. The van der Waals surface area contributed by atoms with E-state index in [1.54, 1.807) is 12.1 Å². The first-order valence-electron chi connectivity index (χ1n) is 9.91. The second-order valence-corrected chi connectivity index (χ2v) is 8.26. The van der Waals surface area contributed by atoms with E-state index in [9.17, 15) is 4.79 Å². The van der Waals surface area contributed by atoms with Crippen molar-refractivity contribution < 1.29 is 9.21 Å². The van der Waals surface area contributed by atoms with E-state index < -0.39 is 0 Å². The molecule has 30 heavy (non-hydrogen) atoms. The van der Waals surface area contributed by atoms with Crippen LogP contribution in [0.1, 0.15) is 46.8 Å². The van der Waals surface area contributed by atoms with Gasteiger partial charge in [-0.15, -0.1) is 0 Å². The Kier molecular flexibility index (Phi) is 5.35. The fourth-order valence-electron chi connectivity index (χ4n) is 3.26. The Bertz CT molecular complexity index is 1260. The number of benzene rings is 3. The molecular formula is C25H23ClN2O2. The lowest BCUT2D eigenvalue weighted by molar-refractivity contribution is 0.102. The minimum atomic E-state index is -0.212. The van der Waals surface area contributed by atoms with Crippen LogP contribution in [-0.4, -0.2) is 10.9 Å². The molecule has 0 aliphatic carbocycles. The minimum Gasteiger partial charge on any atom is -0.436 e. The number of aromatic nitrogens is 1. The maximum Gasteiger partial charge on any atom is 0.255 e. The summed E-state index contributed by atoms with van der Waals surface area (Å²) in [7, 11) is 0. The first-order chi connectivity index (χ1) is 14.3. The summed E-state index contributed by atoms with van der Waals surface area (Å²) in [6.45, 7) is 8.29. The van der Waals surface area contributed by atoms with Crippen LogP contribution >= 0.6 is 11.6 Å². The van der Waals surface area contributed by atoms with Crippen LogP contribution in [0.15, 0.2) is 59.0 Å². The van der Waals surface area contributed by atoms with Gasteiger partial charge in [-0.2, -0.15) is 0 Å². The summed E-state index contributed by atoms with van der Waals surface area (Å²) in [4.78, 5) is 17.3. The average molecular weight is 419 g/mol. The van der Waals surface area contributed by atoms with Crippen LogP contribution in [0.3, 0.4) is 0 Å².